The third kappa shape index (κ3) is 3.56. The normalized spacial score (nSPS) is 10.5. The molecule has 0 radical (unpaired) electrons. The van der Waals surface area contributed by atoms with Crippen LogP contribution < -0.4 is 10.9 Å². The maximum Gasteiger partial charge on any atom is 0.348 e. The van der Waals surface area contributed by atoms with Crippen LogP contribution >= 0.6 is 11.3 Å². The average molecular weight is 354 g/mol. The maximum atomic E-state index is 12.4. The molecule has 0 aliphatic heterocycles. The summed E-state index contributed by atoms with van der Waals surface area (Å²) in [4.78, 5) is 40.2. The van der Waals surface area contributed by atoms with Crippen molar-refractivity contribution in [2.24, 2.45) is 0 Å². The van der Waals surface area contributed by atoms with Crippen LogP contribution in [-0.2, 0) is 0 Å². The fourth-order valence-corrected chi connectivity index (χ4v) is 3.01. The summed E-state index contributed by atoms with van der Waals surface area (Å²) in [5.41, 5.74) is 0.829. The van der Waals surface area contributed by atoms with Gasteiger partial charge in [0.2, 0.25) is 0 Å². The number of hydrogen-bond donors (Lipinski definition) is 1. The Labute approximate surface area is 147 Å². The van der Waals surface area contributed by atoms with Gasteiger partial charge in [0.25, 0.3) is 5.91 Å². The van der Waals surface area contributed by atoms with Crippen LogP contribution in [0.1, 0.15) is 33.4 Å². The number of carbonyl (C=O) groups excluding carboxylic acids is 2. The molecule has 2 heterocycles. The zero-order valence-electron chi connectivity index (χ0n) is 13.5. The number of thiazole rings is 1. The van der Waals surface area contributed by atoms with Gasteiger partial charge in [-0.3, -0.25) is 14.9 Å². The predicted octanol–water partition coefficient (Wildman–Crippen LogP) is 3.53. The van der Waals surface area contributed by atoms with Crippen molar-refractivity contribution in [1.29, 1.82) is 0 Å². The number of nitrogens with one attached hydrogen (secondary N) is 1. The largest absolute Gasteiger partial charge is 0.427 e. The van der Waals surface area contributed by atoms with Crippen molar-refractivity contribution in [2.75, 3.05) is 5.32 Å². The summed E-state index contributed by atoms with van der Waals surface area (Å²) in [6, 6.07) is 10.8. The number of aryl methyl sites for hydroxylation is 1. The molecule has 7 heteroatoms. The number of hydrogen-bond acceptors (Lipinski definition) is 6. The molecule has 0 unspecified atom stereocenters. The van der Waals surface area contributed by atoms with E-state index in [0.29, 0.717) is 5.13 Å². The van der Waals surface area contributed by atoms with Crippen molar-refractivity contribution in [2.45, 2.75) is 13.8 Å². The number of aromatic nitrogens is 1. The highest BCUT2D eigenvalue weighted by Gasteiger charge is 2.18. The Balaban J connectivity index is 1.86. The van der Waals surface area contributed by atoms with Crippen LogP contribution in [0.5, 0.6) is 0 Å². The summed E-state index contributed by atoms with van der Waals surface area (Å²) in [5, 5.41) is 4.74. The van der Waals surface area contributed by atoms with Crippen LogP contribution in [0.4, 0.5) is 5.13 Å². The third-order valence-corrected chi connectivity index (χ3v) is 4.31. The first-order valence-corrected chi connectivity index (χ1v) is 8.31. The summed E-state index contributed by atoms with van der Waals surface area (Å²) in [6.07, 6.45) is 0. The highest BCUT2D eigenvalue weighted by molar-refractivity contribution is 7.14. The second-order valence-electron chi connectivity index (χ2n) is 5.33. The number of ketones is 1. The van der Waals surface area contributed by atoms with E-state index >= 15 is 0 Å². The van der Waals surface area contributed by atoms with E-state index in [4.69, 9.17) is 4.42 Å². The Morgan fingerprint density at radius 2 is 1.88 bits per heavy atom. The molecule has 0 aliphatic carbocycles. The van der Waals surface area contributed by atoms with Gasteiger partial charge < -0.3 is 4.42 Å². The topological polar surface area (TPSA) is 89.3 Å². The molecular weight excluding hydrogens is 340 g/mol. The number of carbonyl (C=O) groups is 2. The van der Waals surface area contributed by atoms with Crippen LogP contribution in [0.3, 0.4) is 0 Å². The van der Waals surface area contributed by atoms with E-state index in [9.17, 15) is 14.4 Å². The Hall–Kier alpha value is -3.06. The zero-order chi connectivity index (χ0) is 18.0. The SMILES string of the molecule is CC(=O)c1cc(C(=O)Nc2nc(-c3ccccc3)cs2)c(=O)oc1C. The molecule has 0 saturated heterocycles. The molecule has 1 N–H and O–H groups in total. The molecule has 0 saturated carbocycles. The molecule has 25 heavy (non-hydrogen) atoms. The molecule has 126 valence electrons. The first-order valence-electron chi connectivity index (χ1n) is 7.43. The van der Waals surface area contributed by atoms with Gasteiger partial charge >= 0.3 is 5.63 Å². The maximum absolute atomic E-state index is 12.4. The quantitative estimate of drug-likeness (QED) is 0.724. The lowest BCUT2D eigenvalue weighted by atomic mass is 10.1. The molecular formula is C18H14N2O4S. The van der Waals surface area contributed by atoms with Gasteiger partial charge in [0.1, 0.15) is 11.3 Å². The number of benzene rings is 1. The minimum Gasteiger partial charge on any atom is -0.427 e. The molecule has 3 aromatic rings. The third-order valence-electron chi connectivity index (χ3n) is 3.55. The summed E-state index contributed by atoms with van der Waals surface area (Å²) in [7, 11) is 0. The lowest BCUT2D eigenvalue weighted by Crippen LogP contribution is -2.22. The Morgan fingerprint density at radius 1 is 1.16 bits per heavy atom. The van der Waals surface area contributed by atoms with E-state index in [0.717, 1.165) is 11.3 Å². The highest BCUT2D eigenvalue weighted by atomic mass is 32.1. The molecule has 1 amide bonds. The van der Waals surface area contributed by atoms with Crippen molar-refractivity contribution in [1.82, 2.24) is 4.98 Å². The van der Waals surface area contributed by atoms with Crippen LogP contribution in [0, 0.1) is 6.92 Å². The Morgan fingerprint density at radius 3 is 2.56 bits per heavy atom. The molecule has 0 atom stereocenters. The molecule has 0 fully saturated rings. The summed E-state index contributed by atoms with van der Waals surface area (Å²) in [5.74, 6) is -0.754. The van der Waals surface area contributed by atoms with Crippen molar-refractivity contribution in [3.05, 3.63) is 69.1 Å². The standard InChI is InChI=1S/C18H14N2O4S/c1-10(21)13-8-14(17(23)24-11(13)2)16(22)20-18-19-15(9-25-18)12-6-4-3-5-7-12/h3-9H,1-2H3,(H,19,20,22). The second kappa shape index (κ2) is 6.82. The van der Waals surface area contributed by atoms with Crippen molar-refractivity contribution >= 4 is 28.2 Å². The fourth-order valence-electron chi connectivity index (χ4n) is 2.30. The summed E-state index contributed by atoms with van der Waals surface area (Å²) in [6.45, 7) is 2.85. The fraction of sp³-hybridized carbons (Fsp3) is 0.111. The molecule has 6 nitrogen and oxygen atoms in total. The number of anilines is 1. The van der Waals surface area contributed by atoms with Crippen LogP contribution in [0.2, 0.25) is 0 Å². The zero-order valence-corrected chi connectivity index (χ0v) is 14.3. The summed E-state index contributed by atoms with van der Waals surface area (Å²) >= 11 is 1.24. The Bertz CT molecular complexity index is 1010. The molecule has 0 bridgehead atoms. The van der Waals surface area contributed by atoms with Gasteiger partial charge in [-0.05, 0) is 19.9 Å². The van der Waals surface area contributed by atoms with Crippen molar-refractivity contribution < 1.29 is 14.0 Å². The van der Waals surface area contributed by atoms with Gasteiger partial charge in [-0.25, -0.2) is 9.78 Å². The lowest BCUT2D eigenvalue weighted by molar-refractivity contribution is 0.101. The summed E-state index contributed by atoms with van der Waals surface area (Å²) < 4.78 is 4.98. The Kier molecular flexibility index (Phi) is 4.58. The van der Waals surface area contributed by atoms with E-state index in [1.54, 1.807) is 0 Å². The predicted molar refractivity (Wildman–Crippen MR) is 95.2 cm³/mol. The minimum absolute atomic E-state index is 0.190. The van der Waals surface area contributed by atoms with Gasteiger partial charge in [-0.1, -0.05) is 30.3 Å². The highest BCUT2D eigenvalue weighted by Crippen LogP contribution is 2.24. The van der Waals surface area contributed by atoms with Crippen LogP contribution in [-0.4, -0.2) is 16.7 Å². The van der Waals surface area contributed by atoms with Gasteiger partial charge in [0, 0.05) is 10.9 Å². The molecule has 0 aliphatic rings. The molecule has 2 aromatic heterocycles. The number of amides is 1. The molecule has 1 aromatic carbocycles. The number of rotatable bonds is 4. The first-order chi connectivity index (χ1) is 12.0. The van der Waals surface area contributed by atoms with Crippen molar-refractivity contribution in [3.63, 3.8) is 0 Å². The van der Waals surface area contributed by atoms with E-state index in [1.807, 2.05) is 35.7 Å². The second-order valence-corrected chi connectivity index (χ2v) is 6.19. The lowest BCUT2D eigenvalue weighted by Gasteiger charge is -2.04. The van der Waals surface area contributed by atoms with Gasteiger partial charge in [0.05, 0.1) is 11.3 Å². The van der Waals surface area contributed by atoms with E-state index < -0.39 is 11.5 Å². The number of nitrogens with zero attached hydrogens (tertiary/aromatic N) is 1. The van der Waals surface area contributed by atoms with Crippen LogP contribution in [0.25, 0.3) is 11.3 Å². The molecule has 3 rings (SSSR count). The van der Waals surface area contributed by atoms with Crippen molar-refractivity contribution in [3.8, 4) is 11.3 Å². The van der Waals surface area contributed by atoms with Gasteiger partial charge in [-0.15, -0.1) is 11.3 Å². The van der Waals surface area contributed by atoms with Gasteiger partial charge in [0.15, 0.2) is 10.9 Å². The monoisotopic (exact) mass is 354 g/mol. The van der Waals surface area contributed by atoms with Crippen LogP contribution in [0.15, 0.2) is 51.0 Å². The van der Waals surface area contributed by atoms with E-state index in [2.05, 4.69) is 10.3 Å². The smallest absolute Gasteiger partial charge is 0.348 e. The number of Topliss-reactive ketones (excluding diaryl/α,β-unsaturated/α-hetero) is 1. The minimum atomic E-state index is -0.792. The first kappa shape index (κ1) is 16.8. The van der Waals surface area contributed by atoms with E-state index in [-0.39, 0.29) is 22.7 Å². The van der Waals surface area contributed by atoms with Gasteiger partial charge in [-0.2, -0.15) is 0 Å². The van der Waals surface area contributed by atoms with E-state index in [1.165, 1.54) is 31.3 Å². The molecule has 0 spiro atoms. The average Bonchev–Trinajstić information content (AvgIpc) is 3.03.